The topological polar surface area (TPSA) is 4.93 Å². The molecule has 78 valence electrons. The van der Waals surface area contributed by atoms with Crippen molar-refractivity contribution in [3.63, 3.8) is 0 Å². The molecule has 1 fully saturated rings. The normalized spacial score (nSPS) is 16.0. The molecule has 0 aliphatic heterocycles. The second kappa shape index (κ2) is 2.88. The fraction of sp³-hybridized carbons (Fsp3) is 0.200. The molecule has 1 aromatic heterocycles. The number of nitrogens with zero attached hydrogens (tertiary/aromatic N) is 1. The van der Waals surface area contributed by atoms with Crippen molar-refractivity contribution in [2.75, 3.05) is 0 Å². The Kier molecular flexibility index (Phi) is 1.51. The molecule has 1 heterocycles. The van der Waals surface area contributed by atoms with Crippen LogP contribution in [0.25, 0.3) is 21.8 Å². The van der Waals surface area contributed by atoms with Gasteiger partial charge in [0.2, 0.25) is 0 Å². The predicted octanol–water partition coefficient (Wildman–Crippen LogP) is 4.13. The van der Waals surface area contributed by atoms with Gasteiger partial charge in [0.25, 0.3) is 0 Å². The van der Waals surface area contributed by atoms with E-state index in [0.29, 0.717) is 0 Å². The summed E-state index contributed by atoms with van der Waals surface area (Å²) in [4.78, 5) is 0. The second-order valence-electron chi connectivity index (χ2n) is 4.64. The molecule has 1 aliphatic carbocycles. The number of hydrogen-bond donors (Lipinski definition) is 0. The van der Waals surface area contributed by atoms with Gasteiger partial charge in [-0.2, -0.15) is 0 Å². The number of rotatable bonds is 1. The lowest BCUT2D eigenvalue weighted by atomic mass is 10.2. The molecule has 16 heavy (non-hydrogen) atoms. The first-order valence-electron chi connectivity index (χ1n) is 5.93. The Morgan fingerprint density at radius 3 is 1.75 bits per heavy atom. The van der Waals surface area contributed by atoms with E-state index in [0.717, 1.165) is 6.04 Å². The van der Waals surface area contributed by atoms with E-state index in [1.165, 1.54) is 34.6 Å². The summed E-state index contributed by atoms with van der Waals surface area (Å²) in [6.45, 7) is 0. The van der Waals surface area contributed by atoms with Crippen LogP contribution in [0.15, 0.2) is 48.5 Å². The quantitative estimate of drug-likeness (QED) is 0.565. The molecule has 0 spiro atoms. The number of para-hydroxylation sites is 2. The van der Waals surface area contributed by atoms with E-state index in [4.69, 9.17) is 0 Å². The van der Waals surface area contributed by atoms with Crippen molar-refractivity contribution in [1.82, 2.24) is 4.57 Å². The maximum absolute atomic E-state index is 2.52. The van der Waals surface area contributed by atoms with Crippen LogP contribution in [0.1, 0.15) is 18.9 Å². The fourth-order valence-corrected chi connectivity index (χ4v) is 2.68. The van der Waals surface area contributed by atoms with Crippen LogP contribution in [0.5, 0.6) is 0 Å². The van der Waals surface area contributed by atoms with Crippen LogP contribution in [0.4, 0.5) is 0 Å². The van der Waals surface area contributed by atoms with E-state index in [2.05, 4.69) is 53.1 Å². The van der Waals surface area contributed by atoms with Gasteiger partial charge in [-0.1, -0.05) is 36.4 Å². The Labute approximate surface area is 94.3 Å². The van der Waals surface area contributed by atoms with Crippen molar-refractivity contribution in [3.05, 3.63) is 48.5 Å². The third-order valence-corrected chi connectivity index (χ3v) is 3.53. The van der Waals surface area contributed by atoms with E-state index < -0.39 is 0 Å². The number of benzene rings is 2. The van der Waals surface area contributed by atoms with Gasteiger partial charge < -0.3 is 4.57 Å². The van der Waals surface area contributed by atoms with Crippen LogP contribution < -0.4 is 0 Å². The summed E-state index contributed by atoms with van der Waals surface area (Å²) in [6.07, 6.45) is 2.67. The molecule has 0 radical (unpaired) electrons. The second-order valence-corrected chi connectivity index (χ2v) is 4.64. The summed E-state index contributed by atoms with van der Waals surface area (Å²) in [6, 6.07) is 18.2. The van der Waals surface area contributed by atoms with E-state index in [1.807, 2.05) is 0 Å². The molecule has 2 aromatic carbocycles. The molecule has 0 N–H and O–H groups in total. The first kappa shape index (κ1) is 8.40. The van der Waals surface area contributed by atoms with Gasteiger partial charge in [0, 0.05) is 27.8 Å². The van der Waals surface area contributed by atoms with Crippen molar-refractivity contribution in [2.45, 2.75) is 18.9 Å². The average Bonchev–Trinajstić information content (AvgIpc) is 3.11. The number of hydrogen-bond acceptors (Lipinski definition) is 0. The third kappa shape index (κ3) is 1.00. The number of fused-ring (bicyclic) bond motifs is 3. The van der Waals surface area contributed by atoms with E-state index >= 15 is 0 Å². The summed E-state index contributed by atoms with van der Waals surface area (Å²) in [7, 11) is 0. The van der Waals surface area contributed by atoms with Gasteiger partial charge in [0.05, 0.1) is 0 Å². The van der Waals surface area contributed by atoms with Crippen molar-refractivity contribution >= 4 is 21.8 Å². The van der Waals surface area contributed by atoms with Crippen LogP contribution in [-0.2, 0) is 0 Å². The highest BCUT2D eigenvalue weighted by Gasteiger charge is 2.26. The van der Waals surface area contributed by atoms with E-state index in [1.54, 1.807) is 0 Å². The highest BCUT2D eigenvalue weighted by molar-refractivity contribution is 6.08. The highest BCUT2D eigenvalue weighted by atomic mass is 15.0. The zero-order valence-corrected chi connectivity index (χ0v) is 9.06. The first-order valence-corrected chi connectivity index (χ1v) is 5.93. The van der Waals surface area contributed by atoms with Gasteiger partial charge in [-0.05, 0) is 25.0 Å². The van der Waals surface area contributed by atoms with E-state index in [9.17, 15) is 0 Å². The molecule has 1 nitrogen and oxygen atoms in total. The molecule has 0 atom stereocenters. The monoisotopic (exact) mass is 207 g/mol. The third-order valence-electron chi connectivity index (χ3n) is 3.53. The molecule has 4 rings (SSSR count). The van der Waals surface area contributed by atoms with Gasteiger partial charge in [-0.25, -0.2) is 0 Å². The summed E-state index contributed by atoms with van der Waals surface area (Å²) in [5.74, 6) is 0. The molecule has 3 aromatic rings. The molecule has 0 saturated heterocycles. The maximum atomic E-state index is 2.52. The minimum absolute atomic E-state index is 0.741. The highest BCUT2D eigenvalue weighted by Crippen LogP contribution is 2.42. The lowest BCUT2D eigenvalue weighted by Crippen LogP contribution is -1.91. The molecule has 0 bridgehead atoms. The van der Waals surface area contributed by atoms with E-state index in [-0.39, 0.29) is 0 Å². The van der Waals surface area contributed by atoms with Crippen molar-refractivity contribution in [1.29, 1.82) is 0 Å². The minimum atomic E-state index is 0.741. The Hall–Kier alpha value is -1.76. The van der Waals surface area contributed by atoms with Gasteiger partial charge in [0.1, 0.15) is 0 Å². The fourth-order valence-electron chi connectivity index (χ4n) is 2.68. The number of aromatic nitrogens is 1. The molecular formula is C15H13N. The van der Waals surface area contributed by atoms with Gasteiger partial charge in [-0.3, -0.25) is 0 Å². The van der Waals surface area contributed by atoms with Crippen LogP contribution in [-0.4, -0.2) is 4.57 Å². The summed E-state index contributed by atoms with van der Waals surface area (Å²) >= 11 is 0. The van der Waals surface area contributed by atoms with Crippen LogP contribution in [0.2, 0.25) is 0 Å². The van der Waals surface area contributed by atoms with Crippen molar-refractivity contribution in [2.24, 2.45) is 0 Å². The Balaban J connectivity index is 2.27. The standard InChI is InChI=1S/C15H13N/c1-3-7-14-12(5-1)13-6-2-4-8-15(13)16(14)11-9-10-11/h1-8,11H,9-10H2. The summed E-state index contributed by atoms with van der Waals surface area (Å²) in [5, 5.41) is 2.79. The minimum Gasteiger partial charge on any atom is -0.337 e. The lowest BCUT2D eigenvalue weighted by molar-refractivity contribution is 0.805. The van der Waals surface area contributed by atoms with Gasteiger partial charge in [-0.15, -0.1) is 0 Å². The molecule has 1 heteroatoms. The Morgan fingerprint density at radius 1 is 0.750 bits per heavy atom. The van der Waals surface area contributed by atoms with Crippen molar-refractivity contribution < 1.29 is 0 Å². The molecule has 0 unspecified atom stereocenters. The summed E-state index contributed by atoms with van der Waals surface area (Å²) < 4.78 is 2.52. The predicted molar refractivity (Wildman–Crippen MR) is 67.7 cm³/mol. The Bertz CT molecular complexity index is 621. The summed E-state index contributed by atoms with van der Waals surface area (Å²) in [5.41, 5.74) is 2.79. The smallest absolute Gasteiger partial charge is 0.0493 e. The average molecular weight is 207 g/mol. The van der Waals surface area contributed by atoms with Crippen LogP contribution >= 0.6 is 0 Å². The Morgan fingerprint density at radius 2 is 1.25 bits per heavy atom. The molecule has 1 aliphatic rings. The zero-order valence-electron chi connectivity index (χ0n) is 9.06. The molecule has 1 saturated carbocycles. The lowest BCUT2D eigenvalue weighted by Gasteiger charge is -2.03. The largest absolute Gasteiger partial charge is 0.337 e. The van der Waals surface area contributed by atoms with Crippen molar-refractivity contribution in [3.8, 4) is 0 Å². The SMILES string of the molecule is c1ccc2c(c1)c1ccccc1n2C1CC1. The first-order chi connectivity index (χ1) is 7.95. The molecular weight excluding hydrogens is 194 g/mol. The van der Waals surface area contributed by atoms with Gasteiger partial charge >= 0.3 is 0 Å². The maximum Gasteiger partial charge on any atom is 0.0493 e. The van der Waals surface area contributed by atoms with Crippen LogP contribution in [0.3, 0.4) is 0 Å². The molecule has 0 amide bonds. The van der Waals surface area contributed by atoms with Gasteiger partial charge in [0.15, 0.2) is 0 Å². The van der Waals surface area contributed by atoms with Crippen LogP contribution in [0, 0.1) is 0 Å². The zero-order chi connectivity index (χ0) is 10.5.